The fraction of sp³-hybridized carbons (Fsp3) is 0.500. The van der Waals surface area contributed by atoms with Crippen LogP contribution in [0.15, 0.2) is 24.5 Å². The zero-order chi connectivity index (χ0) is 10.1. The summed E-state index contributed by atoms with van der Waals surface area (Å²) in [4.78, 5) is 10.9. The highest BCUT2D eigenvalue weighted by atomic mass is 16.5. The molecule has 0 saturated carbocycles. The van der Waals surface area contributed by atoms with E-state index in [1.165, 1.54) is 0 Å². The summed E-state index contributed by atoms with van der Waals surface area (Å²) >= 11 is 0. The highest BCUT2D eigenvalue weighted by Crippen LogP contribution is 1.93. The summed E-state index contributed by atoms with van der Waals surface area (Å²) in [6.45, 7) is 7.91. The Bertz CT molecular complexity index is 194. The van der Waals surface area contributed by atoms with Gasteiger partial charge >= 0.3 is 5.97 Å². The van der Waals surface area contributed by atoms with E-state index in [0.29, 0.717) is 25.2 Å². The number of esters is 1. The molecule has 0 radical (unpaired) electrons. The normalized spacial score (nSPS) is 10.0. The Kier molecular flexibility index (Phi) is 6.69. The summed E-state index contributed by atoms with van der Waals surface area (Å²) in [5, 5.41) is 0. The van der Waals surface area contributed by atoms with Gasteiger partial charge in [0, 0.05) is 12.0 Å². The smallest absolute Gasteiger partial charge is 0.333 e. The fourth-order valence-corrected chi connectivity index (χ4v) is 0.595. The van der Waals surface area contributed by atoms with E-state index in [2.05, 4.69) is 6.58 Å². The molecule has 0 fully saturated rings. The molecule has 13 heavy (non-hydrogen) atoms. The first-order valence-electron chi connectivity index (χ1n) is 4.24. The van der Waals surface area contributed by atoms with Crippen LogP contribution >= 0.6 is 0 Å². The standard InChI is InChI=1S/C10H16O3/c1-4-6-12-7-5-8-13-10(11)9(2)3/h4,6H,2,5,7-8H2,1,3H3. The molecule has 0 aliphatic heterocycles. The Balaban J connectivity index is 3.26. The molecular formula is C10H16O3. The van der Waals surface area contributed by atoms with Crippen LogP contribution in [0.25, 0.3) is 0 Å². The number of carbonyl (C=O) groups excluding carboxylic acids is 1. The second kappa shape index (κ2) is 7.40. The molecule has 0 amide bonds. The van der Waals surface area contributed by atoms with Crippen LogP contribution in [0.3, 0.4) is 0 Å². The van der Waals surface area contributed by atoms with Crippen molar-refractivity contribution in [1.82, 2.24) is 0 Å². The van der Waals surface area contributed by atoms with Crippen LogP contribution < -0.4 is 0 Å². The molecule has 0 saturated heterocycles. The second-order valence-corrected chi connectivity index (χ2v) is 2.61. The molecule has 3 heteroatoms. The van der Waals surface area contributed by atoms with E-state index in [0.717, 1.165) is 0 Å². The predicted molar refractivity (Wildman–Crippen MR) is 51.2 cm³/mol. The van der Waals surface area contributed by atoms with Gasteiger partial charge in [0.25, 0.3) is 0 Å². The van der Waals surface area contributed by atoms with E-state index in [-0.39, 0.29) is 5.97 Å². The lowest BCUT2D eigenvalue weighted by Crippen LogP contribution is -2.07. The number of hydrogen-bond acceptors (Lipinski definition) is 3. The molecule has 74 valence electrons. The summed E-state index contributed by atoms with van der Waals surface area (Å²) in [5.41, 5.74) is 0.425. The van der Waals surface area contributed by atoms with Crippen LogP contribution in [0, 0.1) is 0 Å². The van der Waals surface area contributed by atoms with Crippen LogP contribution in [0.2, 0.25) is 0 Å². The van der Waals surface area contributed by atoms with Crippen LogP contribution in [0.5, 0.6) is 0 Å². The van der Waals surface area contributed by atoms with Crippen molar-refractivity contribution in [3.8, 4) is 0 Å². The Morgan fingerprint density at radius 3 is 2.69 bits per heavy atom. The topological polar surface area (TPSA) is 35.5 Å². The van der Waals surface area contributed by atoms with Crippen molar-refractivity contribution < 1.29 is 14.3 Å². The van der Waals surface area contributed by atoms with Gasteiger partial charge in [-0.2, -0.15) is 0 Å². The molecule has 0 bridgehead atoms. The molecule has 0 unspecified atom stereocenters. The van der Waals surface area contributed by atoms with E-state index < -0.39 is 0 Å². The van der Waals surface area contributed by atoms with Gasteiger partial charge in [0.15, 0.2) is 0 Å². The van der Waals surface area contributed by atoms with Gasteiger partial charge in [-0.1, -0.05) is 12.7 Å². The fourth-order valence-electron chi connectivity index (χ4n) is 0.595. The highest BCUT2D eigenvalue weighted by molar-refractivity contribution is 5.86. The lowest BCUT2D eigenvalue weighted by atomic mass is 10.4. The first-order chi connectivity index (χ1) is 6.18. The predicted octanol–water partition coefficient (Wildman–Crippen LogP) is 2.05. The monoisotopic (exact) mass is 184 g/mol. The number of rotatable bonds is 6. The molecule has 0 aromatic rings. The quantitative estimate of drug-likeness (QED) is 0.274. The minimum Gasteiger partial charge on any atom is -0.501 e. The number of allylic oxidation sites excluding steroid dienone is 1. The van der Waals surface area contributed by atoms with Crippen molar-refractivity contribution in [2.45, 2.75) is 20.3 Å². The molecule has 0 aliphatic carbocycles. The van der Waals surface area contributed by atoms with E-state index >= 15 is 0 Å². The Labute approximate surface area is 79.0 Å². The van der Waals surface area contributed by atoms with Crippen molar-refractivity contribution in [2.24, 2.45) is 0 Å². The molecule has 0 rings (SSSR count). The minimum absolute atomic E-state index is 0.342. The Morgan fingerprint density at radius 2 is 2.15 bits per heavy atom. The molecule has 0 aromatic heterocycles. The molecule has 0 heterocycles. The lowest BCUT2D eigenvalue weighted by Gasteiger charge is -2.03. The van der Waals surface area contributed by atoms with Crippen molar-refractivity contribution in [3.63, 3.8) is 0 Å². The van der Waals surface area contributed by atoms with Crippen LogP contribution in [0.4, 0.5) is 0 Å². The minimum atomic E-state index is -0.342. The van der Waals surface area contributed by atoms with Gasteiger partial charge in [-0.25, -0.2) is 4.79 Å². The first kappa shape index (κ1) is 11.8. The first-order valence-corrected chi connectivity index (χ1v) is 4.24. The summed E-state index contributed by atoms with van der Waals surface area (Å²) < 4.78 is 9.87. The van der Waals surface area contributed by atoms with Crippen LogP contribution in [-0.4, -0.2) is 19.2 Å². The summed E-state index contributed by atoms with van der Waals surface area (Å²) in [7, 11) is 0. The summed E-state index contributed by atoms with van der Waals surface area (Å²) in [6.07, 6.45) is 4.11. The molecule has 0 aliphatic rings. The van der Waals surface area contributed by atoms with Crippen molar-refractivity contribution >= 4 is 5.97 Å². The van der Waals surface area contributed by atoms with Crippen molar-refractivity contribution in [2.75, 3.05) is 13.2 Å². The maximum absolute atomic E-state index is 10.9. The number of carbonyl (C=O) groups is 1. The molecule has 0 N–H and O–H groups in total. The molecule has 0 spiro atoms. The van der Waals surface area contributed by atoms with Gasteiger partial charge in [-0.15, -0.1) is 0 Å². The van der Waals surface area contributed by atoms with Crippen LogP contribution in [-0.2, 0) is 14.3 Å². The van der Waals surface area contributed by atoms with E-state index in [9.17, 15) is 4.79 Å². The summed E-state index contributed by atoms with van der Waals surface area (Å²) in [5.74, 6) is -0.342. The second-order valence-electron chi connectivity index (χ2n) is 2.61. The average Bonchev–Trinajstić information content (AvgIpc) is 2.10. The third-order valence-electron chi connectivity index (χ3n) is 1.22. The maximum atomic E-state index is 10.9. The van der Waals surface area contributed by atoms with E-state index in [1.54, 1.807) is 19.3 Å². The van der Waals surface area contributed by atoms with Gasteiger partial charge in [0.05, 0.1) is 19.5 Å². The molecule has 0 atom stereocenters. The van der Waals surface area contributed by atoms with Crippen molar-refractivity contribution in [1.29, 1.82) is 0 Å². The van der Waals surface area contributed by atoms with Gasteiger partial charge < -0.3 is 9.47 Å². The number of hydrogen-bond donors (Lipinski definition) is 0. The summed E-state index contributed by atoms with van der Waals surface area (Å²) in [6, 6.07) is 0. The zero-order valence-electron chi connectivity index (χ0n) is 8.21. The SMILES string of the molecule is C=C(C)C(=O)OCCCOC=CC. The lowest BCUT2D eigenvalue weighted by molar-refractivity contribution is -0.139. The number of ether oxygens (including phenoxy) is 2. The Hall–Kier alpha value is -1.25. The third-order valence-corrected chi connectivity index (χ3v) is 1.22. The van der Waals surface area contributed by atoms with Gasteiger partial charge in [0.1, 0.15) is 0 Å². The van der Waals surface area contributed by atoms with Gasteiger partial charge in [0.2, 0.25) is 0 Å². The van der Waals surface area contributed by atoms with Crippen molar-refractivity contribution in [3.05, 3.63) is 24.5 Å². The average molecular weight is 184 g/mol. The zero-order valence-corrected chi connectivity index (χ0v) is 8.21. The third kappa shape index (κ3) is 7.12. The maximum Gasteiger partial charge on any atom is 0.333 e. The van der Waals surface area contributed by atoms with Crippen LogP contribution in [0.1, 0.15) is 20.3 Å². The van der Waals surface area contributed by atoms with Gasteiger partial charge in [-0.05, 0) is 13.8 Å². The highest BCUT2D eigenvalue weighted by Gasteiger charge is 2.01. The molecular weight excluding hydrogens is 168 g/mol. The molecule has 0 aromatic carbocycles. The Morgan fingerprint density at radius 1 is 1.46 bits per heavy atom. The van der Waals surface area contributed by atoms with Gasteiger partial charge in [-0.3, -0.25) is 0 Å². The molecule has 3 nitrogen and oxygen atoms in total. The van der Waals surface area contributed by atoms with E-state index in [4.69, 9.17) is 9.47 Å². The van der Waals surface area contributed by atoms with E-state index in [1.807, 2.05) is 6.92 Å². The largest absolute Gasteiger partial charge is 0.501 e.